The minimum atomic E-state index is -3.31. The second kappa shape index (κ2) is 4.96. The van der Waals surface area contributed by atoms with Crippen LogP contribution in [0.4, 0.5) is 0 Å². The summed E-state index contributed by atoms with van der Waals surface area (Å²) in [5.41, 5.74) is 3.21. The van der Waals surface area contributed by atoms with Crippen molar-refractivity contribution in [1.82, 2.24) is 9.97 Å². The van der Waals surface area contributed by atoms with Crippen molar-refractivity contribution < 1.29 is 8.42 Å². The predicted octanol–water partition coefficient (Wildman–Crippen LogP) is 3.70. The summed E-state index contributed by atoms with van der Waals surface area (Å²) in [4.78, 5) is 7.94. The Kier molecular flexibility index (Phi) is 3.37. The first-order valence-electron chi connectivity index (χ1n) is 6.31. The summed E-state index contributed by atoms with van der Waals surface area (Å²) in [6, 6.07) is 11.0. The van der Waals surface area contributed by atoms with Gasteiger partial charge in [0.25, 0.3) is 0 Å². The van der Waals surface area contributed by atoms with E-state index in [1.165, 1.54) is 6.26 Å². The summed E-state index contributed by atoms with van der Waals surface area (Å²) >= 11 is 3.45. The Morgan fingerprint density at radius 1 is 1.19 bits per heavy atom. The molecule has 6 heteroatoms. The number of H-pyrrole nitrogens is 1. The van der Waals surface area contributed by atoms with Crippen LogP contribution in [0.15, 0.2) is 45.8 Å². The van der Waals surface area contributed by atoms with Crippen molar-refractivity contribution in [2.24, 2.45) is 0 Å². The van der Waals surface area contributed by atoms with Crippen LogP contribution in [-0.4, -0.2) is 24.6 Å². The highest BCUT2D eigenvalue weighted by Gasteiger charge is 2.16. The van der Waals surface area contributed by atoms with Gasteiger partial charge in [0.1, 0.15) is 11.3 Å². The molecule has 1 heterocycles. The van der Waals surface area contributed by atoms with Gasteiger partial charge in [0.15, 0.2) is 9.84 Å². The molecule has 0 amide bonds. The standard InChI is InChI=1S/C15H13BrN2O2S/c1-9-6-7-10(16)8-11(9)15-17-12-4-3-5-13(14(12)18-15)21(2,19)20/h3-8H,1-2H3,(H,17,18). The Balaban J connectivity index is 2.30. The molecule has 1 aromatic heterocycles. The zero-order valence-electron chi connectivity index (χ0n) is 11.5. The number of aromatic nitrogens is 2. The lowest BCUT2D eigenvalue weighted by Crippen LogP contribution is -1.97. The van der Waals surface area contributed by atoms with Crippen LogP contribution in [0.25, 0.3) is 22.4 Å². The van der Waals surface area contributed by atoms with Crippen molar-refractivity contribution in [3.05, 3.63) is 46.4 Å². The lowest BCUT2D eigenvalue weighted by atomic mass is 10.1. The number of hydrogen-bond acceptors (Lipinski definition) is 3. The molecule has 0 aliphatic rings. The Hall–Kier alpha value is -1.66. The molecule has 0 saturated heterocycles. The van der Waals surface area contributed by atoms with Gasteiger partial charge in [0, 0.05) is 16.3 Å². The number of nitrogens with one attached hydrogen (secondary N) is 1. The molecule has 4 nitrogen and oxygen atoms in total. The lowest BCUT2D eigenvalue weighted by molar-refractivity contribution is 0.602. The molecule has 0 fully saturated rings. The molecule has 0 atom stereocenters. The smallest absolute Gasteiger partial charge is 0.177 e. The second-order valence-electron chi connectivity index (χ2n) is 4.97. The molecule has 1 N–H and O–H groups in total. The van der Waals surface area contributed by atoms with Crippen LogP contribution >= 0.6 is 15.9 Å². The van der Waals surface area contributed by atoms with Crippen molar-refractivity contribution in [2.45, 2.75) is 11.8 Å². The number of halogens is 1. The van der Waals surface area contributed by atoms with E-state index in [2.05, 4.69) is 25.9 Å². The third-order valence-corrected chi connectivity index (χ3v) is 4.95. The third kappa shape index (κ3) is 2.61. The number of nitrogens with zero attached hydrogens (tertiary/aromatic N) is 1. The number of benzene rings is 2. The van der Waals surface area contributed by atoms with Crippen molar-refractivity contribution >= 4 is 36.8 Å². The van der Waals surface area contributed by atoms with E-state index in [9.17, 15) is 8.42 Å². The highest BCUT2D eigenvalue weighted by molar-refractivity contribution is 9.10. The lowest BCUT2D eigenvalue weighted by Gasteiger charge is -2.02. The van der Waals surface area contributed by atoms with Gasteiger partial charge in [-0.3, -0.25) is 0 Å². The fourth-order valence-corrected chi connectivity index (χ4v) is 3.48. The van der Waals surface area contributed by atoms with Crippen LogP contribution in [0, 0.1) is 6.92 Å². The molecule has 2 aromatic carbocycles. The summed E-state index contributed by atoms with van der Waals surface area (Å²) in [5, 5.41) is 0. The van der Waals surface area contributed by atoms with Gasteiger partial charge in [-0.15, -0.1) is 0 Å². The molecule has 0 saturated carbocycles. The van der Waals surface area contributed by atoms with E-state index in [0.717, 1.165) is 15.6 Å². The Morgan fingerprint density at radius 2 is 1.95 bits per heavy atom. The number of aromatic amines is 1. The van der Waals surface area contributed by atoms with E-state index in [0.29, 0.717) is 16.9 Å². The maximum absolute atomic E-state index is 11.9. The number of rotatable bonds is 2. The Bertz CT molecular complexity index is 945. The van der Waals surface area contributed by atoms with E-state index in [4.69, 9.17) is 0 Å². The molecule has 0 aliphatic carbocycles. The van der Waals surface area contributed by atoms with Gasteiger partial charge in [-0.2, -0.15) is 0 Å². The van der Waals surface area contributed by atoms with Crippen LogP contribution < -0.4 is 0 Å². The topological polar surface area (TPSA) is 62.8 Å². The van der Waals surface area contributed by atoms with E-state index in [-0.39, 0.29) is 4.90 Å². The van der Waals surface area contributed by atoms with Gasteiger partial charge >= 0.3 is 0 Å². The van der Waals surface area contributed by atoms with Gasteiger partial charge < -0.3 is 4.98 Å². The zero-order valence-corrected chi connectivity index (χ0v) is 13.9. The highest BCUT2D eigenvalue weighted by atomic mass is 79.9. The number of sulfone groups is 1. The summed E-state index contributed by atoms with van der Waals surface area (Å²) in [6.45, 7) is 1.99. The molecule has 108 valence electrons. The van der Waals surface area contributed by atoms with Crippen LogP contribution in [0.1, 0.15) is 5.56 Å². The molecule has 0 bridgehead atoms. The fraction of sp³-hybridized carbons (Fsp3) is 0.133. The summed E-state index contributed by atoms with van der Waals surface area (Å²) in [7, 11) is -3.31. The fourth-order valence-electron chi connectivity index (χ4n) is 2.28. The van der Waals surface area contributed by atoms with Crippen LogP contribution in [0.2, 0.25) is 0 Å². The quantitative estimate of drug-likeness (QED) is 0.753. The van der Waals surface area contributed by atoms with Gasteiger partial charge in [0.05, 0.1) is 10.4 Å². The maximum Gasteiger partial charge on any atom is 0.177 e. The molecular formula is C15H13BrN2O2S. The minimum Gasteiger partial charge on any atom is -0.338 e. The first-order chi connectivity index (χ1) is 9.86. The first kappa shape index (κ1) is 14.3. The average molecular weight is 365 g/mol. The average Bonchev–Trinajstić information content (AvgIpc) is 2.83. The van der Waals surface area contributed by atoms with E-state index in [1.54, 1.807) is 12.1 Å². The largest absolute Gasteiger partial charge is 0.338 e. The molecule has 21 heavy (non-hydrogen) atoms. The molecule has 3 aromatic rings. The van der Waals surface area contributed by atoms with Crippen molar-refractivity contribution in [3.63, 3.8) is 0 Å². The van der Waals surface area contributed by atoms with E-state index < -0.39 is 9.84 Å². The molecule has 0 unspecified atom stereocenters. The second-order valence-corrected chi connectivity index (χ2v) is 7.87. The molecule has 0 radical (unpaired) electrons. The van der Waals surface area contributed by atoms with Crippen LogP contribution in [-0.2, 0) is 9.84 Å². The van der Waals surface area contributed by atoms with E-state index in [1.807, 2.05) is 31.2 Å². The monoisotopic (exact) mass is 364 g/mol. The summed E-state index contributed by atoms with van der Waals surface area (Å²) in [5.74, 6) is 0.667. The number of fused-ring (bicyclic) bond motifs is 1. The molecule has 0 aliphatic heterocycles. The van der Waals surface area contributed by atoms with E-state index >= 15 is 0 Å². The normalized spacial score (nSPS) is 12.0. The third-order valence-electron chi connectivity index (χ3n) is 3.33. The van der Waals surface area contributed by atoms with Gasteiger partial charge in [-0.1, -0.05) is 28.1 Å². The predicted molar refractivity (Wildman–Crippen MR) is 87.1 cm³/mol. The highest BCUT2D eigenvalue weighted by Crippen LogP contribution is 2.28. The number of aryl methyl sites for hydroxylation is 1. The Morgan fingerprint density at radius 3 is 2.67 bits per heavy atom. The Labute approximate surface area is 131 Å². The number of imidazole rings is 1. The van der Waals surface area contributed by atoms with Gasteiger partial charge in [-0.25, -0.2) is 13.4 Å². The number of hydrogen-bond donors (Lipinski definition) is 1. The van der Waals surface area contributed by atoms with Crippen LogP contribution in [0.3, 0.4) is 0 Å². The van der Waals surface area contributed by atoms with Crippen molar-refractivity contribution in [2.75, 3.05) is 6.26 Å². The van der Waals surface area contributed by atoms with Crippen LogP contribution in [0.5, 0.6) is 0 Å². The molecule has 3 rings (SSSR count). The van der Waals surface area contributed by atoms with Gasteiger partial charge in [0.2, 0.25) is 0 Å². The minimum absolute atomic E-state index is 0.246. The zero-order chi connectivity index (χ0) is 15.2. The van der Waals surface area contributed by atoms with Crippen molar-refractivity contribution in [1.29, 1.82) is 0 Å². The van der Waals surface area contributed by atoms with Gasteiger partial charge in [-0.05, 0) is 36.8 Å². The maximum atomic E-state index is 11.9. The number of para-hydroxylation sites is 1. The molecule has 0 spiro atoms. The van der Waals surface area contributed by atoms with Crippen molar-refractivity contribution in [3.8, 4) is 11.4 Å². The summed E-state index contributed by atoms with van der Waals surface area (Å²) in [6.07, 6.45) is 1.19. The molecular weight excluding hydrogens is 352 g/mol. The first-order valence-corrected chi connectivity index (χ1v) is 9.00. The summed E-state index contributed by atoms with van der Waals surface area (Å²) < 4.78 is 24.7. The SMILES string of the molecule is Cc1ccc(Br)cc1-c1nc2c(S(C)(=O)=O)cccc2[nH]1.